The molecule has 112 valence electrons. The first-order valence-corrected chi connectivity index (χ1v) is 8.15. The number of aromatic nitrogens is 3. The van der Waals surface area contributed by atoms with Gasteiger partial charge in [-0.15, -0.1) is 0 Å². The van der Waals surface area contributed by atoms with E-state index >= 15 is 0 Å². The van der Waals surface area contributed by atoms with E-state index in [0.717, 1.165) is 41.2 Å². The number of hydrogen-bond donors (Lipinski definition) is 1. The molecule has 0 spiro atoms. The van der Waals surface area contributed by atoms with Crippen molar-refractivity contribution in [1.29, 1.82) is 0 Å². The number of nitrogens with two attached hydrogens (primary N) is 1. The molecule has 2 fully saturated rings. The molecule has 0 aromatic carbocycles. The van der Waals surface area contributed by atoms with E-state index < -0.39 is 0 Å². The van der Waals surface area contributed by atoms with Crippen LogP contribution in [0.4, 0.5) is 5.82 Å². The van der Waals surface area contributed by atoms with E-state index in [1.807, 2.05) is 6.92 Å². The lowest BCUT2D eigenvalue weighted by Gasteiger charge is -2.18. The van der Waals surface area contributed by atoms with Gasteiger partial charge in [-0.05, 0) is 69.8 Å². The molecule has 2 aliphatic carbocycles. The molecule has 4 rings (SSSR count). The number of nitrogens with zero attached hydrogens (tertiary/aromatic N) is 3. The fraction of sp³-hybridized carbons (Fsp3) is 0.647. The van der Waals surface area contributed by atoms with E-state index in [2.05, 4.69) is 23.4 Å². The Morgan fingerprint density at radius 3 is 2.29 bits per heavy atom. The van der Waals surface area contributed by atoms with Crippen LogP contribution < -0.4 is 5.73 Å². The SMILES string of the molecule is Cc1nc(N)c2c(C)c(C)n(CC(C3CC3)C3CC3)c2n1. The smallest absolute Gasteiger partial charge is 0.146 e. The molecule has 0 radical (unpaired) electrons. The largest absolute Gasteiger partial charge is 0.383 e. The van der Waals surface area contributed by atoms with Crippen molar-refractivity contribution in [1.82, 2.24) is 14.5 Å². The Balaban J connectivity index is 1.81. The average Bonchev–Trinajstić information content (AvgIpc) is 3.31. The summed E-state index contributed by atoms with van der Waals surface area (Å²) >= 11 is 0. The van der Waals surface area contributed by atoms with Crippen molar-refractivity contribution in [3.8, 4) is 0 Å². The van der Waals surface area contributed by atoms with E-state index in [4.69, 9.17) is 10.7 Å². The van der Waals surface area contributed by atoms with Crippen molar-refractivity contribution in [2.45, 2.75) is 53.0 Å². The van der Waals surface area contributed by atoms with Crippen LogP contribution in [0.3, 0.4) is 0 Å². The summed E-state index contributed by atoms with van der Waals surface area (Å²) in [7, 11) is 0. The van der Waals surface area contributed by atoms with Crippen LogP contribution in [-0.4, -0.2) is 14.5 Å². The Morgan fingerprint density at radius 1 is 1.10 bits per heavy atom. The second kappa shape index (κ2) is 4.46. The monoisotopic (exact) mass is 284 g/mol. The molecule has 2 N–H and O–H groups in total. The minimum absolute atomic E-state index is 0.631. The van der Waals surface area contributed by atoms with Crippen molar-refractivity contribution in [3.63, 3.8) is 0 Å². The van der Waals surface area contributed by atoms with Crippen LogP contribution in [0, 0.1) is 38.5 Å². The molecule has 0 amide bonds. The molecular weight excluding hydrogens is 260 g/mol. The first-order valence-electron chi connectivity index (χ1n) is 8.15. The Morgan fingerprint density at radius 2 is 1.71 bits per heavy atom. The summed E-state index contributed by atoms with van der Waals surface area (Å²) in [5, 5.41) is 1.06. The molecule has 4 heteroatoms. The van der Waals surface area contributed by atoms with Gasteiger partial charge in [0.15, 0.2) is 0 Å². The highest BCUT2D eigenvalue weighted by Crippen LogP contribution is 2.50. The Kier molecular flexibility index (Phi) is 2.78. The molecule has 2 aromatic heterocycles. The zero-order valence-electron chi connectivity index (χ0n) is 13.2. The lowest BCUT2D eigenvalue weighted by Crippen LogP contribution is -2.16. The standard InChI is InChI=1S/C17H24N4/c1-9-10(2)21(8-14(12-4-5-12)13-6-7-13)17-15(9)16(18)19-11(3)20-17/h12-14H,4-8H2,1-3H3,(H2,18,19,20). The second-order valence-electron chi connectivity index (χ2n) is 7.01. The number of fused-ring (bicyclic) bond motifs is 1. The average molecular weight is 284 g/mol. The maximum atomic E-state index is 6.15. The van der Waals surface area contributed by atoms with Crippen LogP contribution in [0.15, 0.2) is 0 Å². The quantitative estimate of drug-likeness (QED) is 0.936. The highest BCUT2D eigenvalue weighted by molar-refractivity contribution is 5.91. The molecule has 2 heterocycles. The maximum absolute atomic E-state index is 6.15. The summed E-state index contributed by atoms with van der Waals surface area (Å²) < 4.78 is 2.41. The van der Waals surface area contributed by atoms with Gasteiger partial charge in [0.1, 0.15) is 17.3 Å². The molecule has 2 saturated carbocycles. The van der Waals surface area contributed by atoms with Crippen molar-refractivity contribution in [3.05, 3.63) is 17.1 Å². The van der Waals surface area contributed by atoms with Crippen LogP contribution in [-0.2, 0) is 6.54 Å². The predicted molar refractivity (Wildman–Crippen MR) is 85.1 cm³/mol. The number of aryl methyl sites for hydroxylation is 2. The molecule has 21 heavy (non-hydrogen) atoms. The van der Waals surface area contributed by atoms with Crippen molar-refractivity contribution in [2.24, 2.45) is 17.8 Å². The van der Waals surface area contributed by atoms with Gasteiger partial charge in [-0.25, -0.2) is 9.97 Å². The number of anilines is 1. The summed E-state index contributed by atoms with van der Waals surface area (Å²) in [4.78, 5) is 9.05. The Hall–Kier alpha value is -1.58. The molecular formula is C17H24N4. The molecule has 2 aromatic rings. The molecule has 0 bridgehead atoms. The lowest BCUT2D eigenvalue weighted by atomic mass is 9.98. The van der Waals surface area contributed by atoms with Crippen molar-refractivity contribution < 1.29 is 0 Å². The third-order valence-corrected chi connectivity index (χ3v) is 5.46. The molecule has 0 saturated heterocycles. The van der Waals surface area contributed by atoms with Crippen LogP contribution in [0.1, 0.15) is 42.8 Å². The molecule has 2 aliphatic rings. The first kappa shape index (κ1) is 13.1. The van der Waals surface area contributed by atoms with Crippen LogP contribution in [0.25, 0.3) is 11.0 Å². The van der Waals surface area contributed by atoms with Gasteiger partial charge in [0.05, 0.1) is 5.39 Å². The summed E-state index contributed by atoms with van der Waals surface area (Å²) in [5.41, 5.74) is 9.75. The fourth-order valence-corrected chi connectivity index (χ4v) is 3.84. The van der Waals surface area contributed by atoms with Gasteiger partial charge in [-0.1, -0.05) is 0 Å². The summed E-state index contributed by atoms with van der Waals surface area (Å²) in [6.45, 7) is 7.38. The Bertz CT molecular complexity index is 695. The Labute approximate surface area is 125 Å². The van der Waals surface area contributed by atoms with E-state index in [0.29, 0.717) is 5.82 Å². The van der Waals surface area contributed by atoms with Gasteiger partial charge in [-0.2, -0.15) is 0 Å². The normalized spacial score (nSPS) is 18.9. The minimum Gasteiger partial charge on any atom is -0.383 e. The van der Waals surface area contributed by atoms with Crippen molar-refractivity contribution in [2.75, 3.05) is 5.73 Å². The second-order valence-corrected chi connectivity index (χ2v) is 7.01. The minimum atomic E-state index is 0.631. The zero-order valence-corrected chi connectivity index (χ0v) is 13.2. The van der Waals surface area contributed by atoms with E-state index in [-0.39, 0.29) is 0 Å². The molecule has 0 unspecified atom stereocenters. The van der Waals surface area contributed by atoms with Crippen molar-refractivity contribution >= 4 is 16.9 Å². The molecule has 0 aliphatic heterocycles. The number of rotatable bonds is 4. The number of hydrogen-bond acceptors (Lipinski definition) is 3. The summed E-state index contributed by atoms with van der Waals surface area (Å²) in [6, 6.07) is 0. The third kappa shape index (κ3) is 2.12. The van der Waals surface area contributed by atoms with Gasteiger partial charge in [0, 0.05) is 12.2 Å². The van der Waals surface area contributed by atoms with E-state index in [9.17, 15) is 0 Å². The topological polar surface area (TPSA) is 56.7 Å². The first-order chi connectivity index (χ1) is 10.1. The van der Waals surface area contributed by atoms with Crippen LogP contribution in [0.5, 0.6) is 0 Å². The summed E-state index contributed by atoms with van der Waals surface area (Å²) in [6.07, 6.45) is 5.70. The lowest BCUT2D eigenvalue weighted by molar-refractivity contribution is 0.350. The number of nitrogen functional groups attached to an aromatic ring is 1. The zero-order chi connectivity index (χ0) is 14.7. The third-order valence-electron chi connectivity index (χ3n) is 5.46. The van der Waals surface area contributed by atoms with Gasteiger partial charge in [0.2, 0.25) is 0 Å². The maximum Gasteiger partial charge on any atom is 0.146 e. The van der Waals surface area contributed by atoms with E-state index in [1.54, 1.807) is 0 Å². The van der Waals surface area contributed by atoms with Gasteiger partial charge in [0.25, 0.3) is 0 Å². The van der Waals surface area contributed by atoms with Gasteiger partial charge >= 0.3 is 0 Å². The highest BCUT2D eigenvalue weighted by Gasteiger charge is 2.41. The summed E-state index contributed by atoms with van der Waals surface area (Å²) in [5.74, 6) is 4.15. The molecule has 0 atom stereocenters. The van der Waals surface area contributed by atoms with E-state index in [1.165, 1.54) is 36.9 Å². The predicted octanol–water partition coefficient (Wildman–Crippen LogP) is 3.37. The van der Waals surface area contributed by atoms with Crippen LogP contribution >= 0.6 is 0 Å². The highest BCUT2D eigenvalue weighted by atomic mass is 15.1. The van der Waals surface area contributed by atoms with Gasteiger partial charge in [-0.3, -0.25) is 0 Å². The molecule has 4 nitrogen and oxygen atoms in total. The van der Waals surface area contributed by atoms with Gasteiger partial charge < -0.3 is 10.3 Å². The fourth-order valence-electron chi connectivity index (χ4n) is 3.84. The van der Waals surface area contributed by atoms with Crippen LogP contribution in [0.2, 0.25) is 0 Å².